The Morgan fingerprint density at radius 3 is 2.43 bits per heavy atom. The SMILES string of the molecule is CC1CCC(N(C)C(=O)COC(=O)CN2C(=O)NC3(CCCCC3)C2=O)CC1. The van der Waals surface area contributed by atoms with Crippen molar-refractivity contribution < 1.29 is 23.9 Å². The lowest BCUT2D eigenvalue weighted by Crippen LogP contribution is -2.48. The van der Waals surface area contributed by atoms with Gasteiger partial charge in [-0.25, -0.2) is 4.79 Å². The fourth-order valence-corrected chi connectivity index (χ4v) is 4.57. The van der Waals surface area contributed by atoms with Crippen LogP contribution in [0.1, 0.15) is 64.7 Å². The minimum atomic E-state index is -0.857. The smallest absolute Gasteiger partial charge is 0.326 e. The van der Waals surface area contributed by atoms with Crippen LogP contribution in [0, 0.1) is 5.92 Å². The zero-order valence-electron chi connectivity index (χ0n) is 16.9. The number of likely N-dealkylation sites (N-methyl/N-ethyl adjacent to an activating group) is 1. The molecule has 1 heterocycles. The molecule has 8 nitrogen and oxygen atoms in total. The Hall–Kier alpha value is -2.12. The zero-order valence-corrected chi connectivity index (χ0v) is 16.9. The summed E-state index contributed by atoms with van der Waals surface area (Å²) in [5, 5.41) is 2.76. The van der Waals surface area contributed by atoms with Gasteiger partial charge >= 0.3 is 12.0 Å². The second-order valence-electron chi connectivity index (χ2n) is 8.54. The minimum absolute atomic E-state index is 0.180. The number of urea groups is 1. The number of carbonyl (C=O) groups excluding carboxylic acids is 4. The molecule has 3 rings (SSSR count). The highest BCUT2D eigenvalue weighted by molar-refractivity contribution is 6.08. The maximum absolute atomic E-state index is 12.7. The molecule has 0 radical (unpaired) electrons. The fourth-order valence-electron chi connectivity index (χ4n) is 4.57. The van der Waals surface area contributed by atoms with E-state index in [1.54, 1.807) is 11.9 Å². The van der Waals surface area contributed by atoms with Crippen molar-refractivity contribution in [2.24, 2.45) is 5.92 Å². The molecule has 3 fully saturated rings. The van der Waals surface area contributed by atoms with Crippen molar-refractivity contribution in [1.29, 1.82) is 0 Å². The monoisotopic (exact) mass is 393 g/mol. The van der Waals surface area contributed by atoms with E-state index in [0.717, 1.165) is 49.8 Å². The highest BCUT2D eigenvalue weighted by Gasteiger charge is 2.51. The van der Waals surface area contributed by atoms with Crippen molar-refractivity contribution in [1.82, 2.24) is 15.1 Å². The number of rotatable bonds is 5. The quantitative estimate of drug-likeness (QED) is 0.568. The van der Waals surface area contributed by atoms with Crippen molar-refractivity contribution >= 4 is 23.8 Å². The summed E-state index contributed by atoms with van der Waals surface area (Å²) in [5.41, 5.74) is -0.857. The summed E-state index contributed by atoms with van der Waals surface area (Å²) in [4.78, 5) is 51.9. The number of carbonyl (C=O) groups is 4. The number of hydrogen-bond donors (Lipinski definition) is 1. The maximum Gasteiger partial charge on any atom is 0.326 e. The van der Waals surface area contributed by atoms with Crippen LogP contribution in [0.15, 0.2) is 0 Å². The highest BCUT2D eigenvalue weighted by atomic mass is 16.5. The van der Waals surface area contributed by atoms with Gasteiger partial charge in [0.2, 0.25) is 0 Å². The van der Waals surface area contributed by atoms with Gasteiger partial charge in [-0.05, 0) is 44.4 Å². The number of esters is 1. The van der Waals surface area contributed by atoms with Gasteiger partial charge in [0.25, 0.3) is 11.8 Å². The number of nitrogens with zero attached hydrogens (tertiary/aromatic N) is 2. The molecule has 2 aliphatic carbocycles. The number of amides is 4. The molecular formula is C20H31N3O5. The Bertz CT molecular complexity index is 636. The first-order valence-corrected chi connectivity index (χ1v) is 10.4. The molecule has 0 unspecified atom stereocenters. The van der Waals surface area contributed by atoms with Gasteiger partial charge in [0.1, 0.15) is 12.1 Å². The normalized spacial score (nSPS) is 26.9. The third-order valence-electron chi connectivity index (χ3n) is 6.52. The Kier molecular flexibility index (Phi) is 6.25. The lowest BCUT2D eigenvalue weighted by molar-refractivity contribution is -0.154. The van der Waals surface area contributed by atoms with E-state index in [4.69, 9.17) is 4.74 Å². The van der Waals surface area contributed by atoms with Crippen LogP contribution in [-0.2, 0) is 19.1 Å². The molecule has 2 saturated carbocycles. The van der Waals surface area contributed by atoms with Gasteiger partial charge in [0, 0.05) is 13.1 Å². The van der Waals surface area contributed by atoms with E-state index < -0.39 is 24.1 Å². The summed E-state index contributed by atoms with van der Waals surface area (Å²) in [7, 11) is 1.74. The predicted octanol–water partition coefficient (Wildman–Crippen LogP) is 1.82. The van der Waals surface area contributed by atoms with Gasteiger partial charge in [-0.2, -0.15) is 0 Å². The van der Waals surface area contributed by atoms with Gasteiger partial charge in [0.15, 0.2) is 6.61 Å². The van der Waals surface area contributed by atoms with Gasteiger partial charge < -0.3 is 15.0 Å². The van der Waals surface area contributed by atoms with E-state index in [1.165, 1.54) is 0 Å². The van der Waals surface area contributed by atoms with Gasteiger partial charge in [-0.3, -0.25) is 19.3 Å². The first-order chi connectivity index (χ1) is 13.3. The molecule has 4 amide bonds. The summed E-state index contributed by atoms with van der Waals surface area (Å²) in [5.74, 6) is -0.660. The largest absolute Gasteiger partial charge is 0.454 e. The van der Waals surface area contributed by atoms with E-state index in [1.807, 2.05) is 0 Å². The van der Waals surface area contributed by atoms with E-state index in [0.29, 0.717) is 18.8 Å². The first kappa shape index (κ1) is 20.6. The van der Waals surface area contributed by atoms with Crippen LogP contribution in [0.4, 0.5) is 4.79 Å². The molecule has 0 aromatic rings. The van der Waals surface area contributed by atoms with Crippen LogP contribution in [0.5, 0.6) is 0 Å². The molecule has 1 saturated heterocycles. The minimum Gasteiger partial charge on any atom is -0.454 e. The lowest BCUT2D eigenvalue weighted by Gasteiger charge is -2.33. The Morgan fingerprint density at radius 1 is 1.14 bits per heavy atom. The van der Waals surface area contributed by atoms with Crippen molar-refractivity contribution in [2.75, 3.05) is 20.2 Å². The molecule has 8 heteroatoms. The van der Waals surface area contributed by atoms with Crippen LogP contribution in [0.25, 0.3) is 0 Å². The molecule has 156 valence electrons. The number of nitrogens with one attached hydrogen (secondary N) is 1. The summed E-state index contributed by atoms with van der Waals surface area (Å²) >= 11 is 0. The summed E-state index contributed by atoms with van der Waals surface area (Å²) in [6, 6.07) is -0.372. The lowest BCUT2D eigenvalue weighted by atomic mass is 9.82. The summed E-state index contributed by atoms with van der Waals surface area (Å²) < 4.78 is 5.07. The molecule has 0 atom stereocenters. The molecule has 3 aliphatic rings. The molecule has 1 spiro atoms. The van der Waals surface area contributed by atoms with E-state index >= 15 is 0 Å². The van der Waals surface area contributed by atoms with Crippen molar-refractivity contribution in [3.05, 3.63) is 0 Å². The van der Waals surface area contributed by atoms with Crippen molar-refractivity contribution in [3.63, 3.8) is 0 Å². The van der Waals surface area contributed by atoms with E-state index in [-0.39, 0.29) is 24.5 Å². The average molecular weight is 393 g/mol. The number of hydrogen-bond acceptors (Lipinski definition) is 5. The summed E-state index contributed by atoms with van der Waals surface area (Å²) in [6.45, 7) is 1.40. The van der Waals surface area contributed by atoms with Gasteiger partial charge in [0.05, 0.1) is 0 Å². The third-order valence-corrected chi connectivity index (χ3v) is 6.52. The Balaban J connectivity index is 1.47. The molecule has 0 bridgehead atoms. The molecule has 0 aromatic carbocycles. The molecule has 1 N–H and O–H groups in total. The average Bonchev–Trinajstić information content (AvgIpc) is 2.90. The van der Waals surface area contributed by atoms with E-state index in [2.05, 4.69) is 12.2 Å². The Labute approximate surface area is 165 Å². The number of ether oxygens (including phenoxy) is 1. The van der Waals surface area contributed by atoms with Crippen molar-refractivity contribution in [3.8, 4) is 0 Å². The van der Waals surface area contributed by atoms with Gasteiger partial charge in [-0.1, -0.05) is 26.2 Å². The molecule has 1 aliphatic heterocycles. The first-order valence-electron chi connectivity index (χ1n) is 10.4. The predicted molar refractivity (Wildman–Crippen MR) is 101 cm³/mol. The van der Waals surface area contributed by atoms with Crippen LogP contribution >= 0.6 is 0 Å². The van der Waals surface area contributed by atoms with Crippen LogP contribution < -0.4 is 5.32 Å². The van der Waals surface area contributed by atoms with Crippen LogP contribution in [-0.4, -0.2) is 65.4 Å². The highest BCUT2D eigenvalue weighted by Crippen LogP contribution is 2.33. The van der Waals surface area contributed by atoms with Crippen LogP contribution in [0.2, 0.25) is 0 Å². The second kappa shape index (κ2) is 8.49. The fraction of sp³-hybridized carbons (Fsp3) is 0.800. The Morgan fingerprint density at radius 2 is 1.79 bits per heavy atom. The molecular weight excluding hydrogens is 362 g/mol. The molecule has 0 aromatic heterocycles. The third kappa shape index (κ3) is 4.31. The summed E-state index contributed by atoms with van der Waals surface area (Å²) in [6.07, 6.45) is 8.12. The molecule has 28 heavy (non-hydrogen) atoms. The van der Waals surface area contributed by atoms with Crippen LogP contribution in [0.3, 0.4) is 0 Å². The zero-order chi connectivity index (χ0) is 20.3. The number of imide groups is 1. The maximum atomic E-state index is 12.7. The van der Waals surface area contributed by atoms with Gasteiger partial charge in [-0.15, -0.1) is 0 Å². The van der Waals surface area contributed by atoms with Crippen molar-refractivity contribution in [2.45, 2.75) is 76.3 Å². The standard InChI is InChI=1S/C20H31N3O5/c1-14-6-8-15(9-7-14)22(2)16(24)13-28-17(25)12-23-18(26)20(21-19(23)27)10-4-3-5-11-20/h14-15H,3-13H2,1-2H3,(H,21,27). The second-order valence-corrected chi connectivity index (χ2v) is 8.54. The van der Waals surface area contributed by atoms with E-state index in [9.17, 15) is 19.2 Å². The topological polar surface area (TPSA) is 96.0 Å².